The summed E-state index contributed by atoms with van der Waals surface area (Å²) in [7, 11) is 1.25. The molecule has 0 saturated carbocycles. The first-order valence-electron chi connectivity index (χ1n) is 4.27. The van der Waals surface area contributed by atoms with Crippen LogP contribution in [0.1, 0.15) is 11.7 Å². The zero-order valence-electron chi connectivity index (χ0n) is 8.24. The Morgan fingerprint density at radius 2 is 2.27 bits per heavy atom. The summed E-state index contributed by atoms with van der Waals surface area (Å²) in [6, 6.07) is 7.03. The molecule has 0 aliphatic carbocycles. The van der Waals surface area contributed by atoms with E-state index in [4.69, 9.17) is 0 Å². The molecule has 0 aliphatic heterocycles. The fourth-order valence-electron chi connectivity index (χ4n) is 1.12. The number of hydrogen-bond donors (Lipinski definition) is 1. The molecule has 0 bridgehead atoms. The number of methoxy groups -OCH3 is 1. The Labute approximate surface area is 96.5 Å². The maximum absolute atomic E-state index is 11.1. The lowest BCUT2D eigenvalue weighted by molar-refractivity contribution is -0.137. The van der Waals surface area contributed by atoms with Gasteiger partial charge in [0.1, 0.15) is 6.10 Å². The van der Waals surface area contributed by atoms with Gasteiger partial charge < -0.3 is 9.84 Å². The van der Waals surface area contributed by atoms with Crippen LogP contribution >= 0.6 is 15.9 Å². The summed E-state index contributed by atoms with van der Waals surface area (Å²) in [5, 5.41) is 9.79. The van der Waals surface area contributed by atoms with E-state index >= 15 is 0 Å². The van der Waals surface area contributed by atoms with Gasteiger partial charge in [-0.2, -0.15) is 0 Å². The number of aliphatic hydroxyl groups is 1. The second-order valence-corrected chi connectivity index (χ2v) is 3.89. The van der Waals surface area contributed by atoms with Crippen LogP contribution in [0.2, 0.25) is 0 Å². The summed E-state index contributed by atoms with van der Waals surface area (Å²) in [6.45, 7) is 3.49. The van der Waals surface area contributed by atoms with Gasteiger partial charge in [-0.25, -0.2) is 4.79 Å². The Balaban J connectivity index is 2.89. The standard InChI is InChI=1S/C11H11BrO3/c1-7(11(14)15-2)10(13)8-4-3-5-9(12)6-8/h3-6,10,13H,1H2,2H3/t10-/m0/s1. The minimum atomic E-state index is -1.03. The molecule has 1 atom stereocenters. The molecule has 1 N–H and O–H groups in total. The molecular weight excluding hydrogens is 260 g/mol. The molecule has 1 aromatic carbocycles. The molecule has 15 heavy (non-hydrogen) atoms. The van der Waals surface area contributed by atoms with Crippen molar-refractivity contribution in [1.29, 1.82) is 0 Å². The smallest absolute Gasteiger partial charge is 0.336 e. The molecule has 0 aliphatic rings. The number of carbonyl (C=O) groups excluding carboxylic acids is 1. The van der Waals surface area contributed by atoms with Crippen molar-refractivity contribution in [2.45, 2.75) is 6.10 Å². The van der Waals surface area contributed by atoms with E-state index in [-0.39, 0.29) is 5.57 Å². The highest BCUT2D eigenvalue weighted by molar-refractivity contribution is 9.10. The molecule has 80 valence electrons. The van der Waals surface area contributed by atoms with Crippen molar-refractivity contribution in [1.82, 2.24) is 0 Å². The van der Waals surface area contributed by atoms with Crippen LogP contribution in [0.25, 0.3) is 0 Å². The van der Waals surface area contributed by atoms with Gasteiger partial charge in [0.2, 0.25) is 0 Å². The number of carbonyl (C=O) groups is 1. The van der Waals surface area contributed by atoms with Gasteiger partial charge in [-0.1, -0.05) is 34.6 Å². The van der Waals surface area contributed by atoms with Crippen LogP contribution in [-0.2, 0) is 9.53 Å². The van der Waals surface area contributed by atoms with Gasteiger partial charge in [-0.05, 0) is 17.7 Å². The van der Waals surface area contributed by atoms with Crippen molar-refractivity contribution < 1.29 is 14.6 Å². The van der Waals surface area contributed by atoms with E-state index in [1.165, 1.54) is 7.11 Å². The average molecular weight is 271 g/mol. The molecule has 0 spiro atoms. The fourth-order valence-corrected chi connectivity index (χ4v) is 1.54. The Bertz CT molecular complexity index is 387. The number of esters is 1. The second kappa shape index (κ2) is 5.09. The molecule has 0 heterocycles. The number of benzene rings is 1. The van der Waals surface area contributed by atoms with E-state index in [9.17, 15) is 9.90 Å². The minimum Gasteiger partial charge on any atom is -0.466 e. The summed E-state index contributed by atoms with van der Waals surface area (Å²) < 4.78 is 5.30. The van der Waals surface area contributed by atoms with E-state index in [1.807, 2.05) is 6.07 Å². The topological polar surface area (TPSA) is 46.5 Å². The molecule has 3 nitrogen and oxygen atoms in total. The maximum atomic E-state index is 11.1. The number of halogens is 1. The second-order valence-electron chi connectivity index (χ2n) is 2.97. The van der Waals surface area contributed by atoms with Gasteiger partial charge in [0, 0.05) is 4.47 Å². The third-order valence-electron chi connectivity index (χ3n) is 1.94. The van der Waals surface area contributed by atoms with E-state index in [1.54, 1.807) is 18.2 Å². The minimum absolute atomic E-state index is 0.0237. The lowest BCUT2D eigenvalue weighted by atomic mass is 10.0. The largest absolute Gasteiger partial charge is 0.466 e. The van der Waals surface area contributed by atoms with Gasteiger partial charge in [0.25, 0.3) is 0 Å². The fraction of sp³-hybridized carbons (Fsp3) is 0.182. The van der Waals surface area contributed by atoms with Crippen LogP contribution in [0, 0.1) is 0 Å². The normalized spacial score (nSPS) is 11.9. The molecular formula is C11H11BrO3. The van der Waals surface area contributed by atoms with Gasteiger partial charge >= 0.3 is 5.97 Å². The van der Waals surface area contributed by atoms with Crippen LogP contribution in [0.4, 0.5) is 0 Å². The highest BCUT2D eigenvalue weighted by atomic mass is 79.9. The Hall–Kier alpha value is -1.13. The van der Waals surface area contributed by atoms with E-state index < -0.39 is 12.1 Å². The molecule has 0 fully saturated rings. The predicted molar refractivity (Wildman–Crippen MR) is 60.3 cm³/mol. The third kappa shape index (κ3) is 2.91. The van der Waals surface area contributed by atoms with Crippen LogP contribution in [0.5, 0.6) is 0 Å². The lowest BCUT2D eigenvalue weighted by Gasteiger charge is -2.12. The van der Waals surface area contributed by atoms with Gasteiger partial charge in [-0.15, -0.1) is 0 Å². The van der Waals surface area contributed by atoms with Crippen molar-refractivity contribution in [3.8, 4) is 0 Å². The SMILES string of the molecule is C=C(C(=O)OC)[C@H](O)c1cccc(Br)c1. The zero-order chi connectivity index (χ0) is 11.4. The van der Waals surface area contributed by atoms with E-state index in [0.717, 1.165) is 4.47 Å². The van der Waals surface area contributed by atoms with E-state index in [2.05, 4.69) is 27.2 Å². The van der Waals surface area contributed by atoms with Gasteiger partial charge in [0.05, 0.1) is 12.7 Å². The summed E-state index contributed by atoms with van der Waals surface area (Å²) in [5.41, 5.74) is 0.621. The quantitative estimate of drug-likeness (QED) is 0.677. The van der Waals surface area contributed by atoms with Gasteiger partial charge in [0.15, 0.2) is 0 Å². The Kier molecular flexibility index (Phi) is 4.05. The molecule has 0 aromatic heterocycles. The summed E-state index contributed by atoms with van der Waals surface area (Å²) in [5.74, 6) is -0.609. The maximum Gasteiger partial charge on any atom is 0.336 e. The van der Waals surface area contributed by atoms with Gasteiger partial charge in [-0.3, -0.25) is 0 Å². The van der Waals surface area contributed by atoms with Crippen molar-refractivity contribution in [2.24, 2.45) is 0 Å². The van der Waals surface area contributed by atoms with Crippen molar-refractivity contribution >= 4 is 21.9 Å². The van der Waals surface area contributed by atoms with E-state index in [0.29, 0.717) is 5.56 Å². The first-order chi connectivity index (χ1) is 7.06. The molecule has 1 aromatic rings. The van der Waals surface area contributed by atoms with Crippen molar-refractivity contribution in [3.05, 3.63) is 46.5 Å². The van der Waals surface area contributed by atoms with Crippen LogP contribution in [0.3, 0.4) is 0 Å². The Morgan fingerprint density at radius 3 is 2.80 bits per heavy atom. The Morgan fingerprint density at radius 1 is 1.60 bits per heavy atom. The molecule has 0 saturated heterocycles. The molecule has 4 heteroatoms. The number of hydrogen-bond acceptors (Lipinski definition) is 3. The first kappa shape index (κ1) is 11.9. The number of rotatable bonds is 3. The van der Waals surface area contributed by atoms with Crippen LogP contribution in [0.15, 0.2) is 40.9 Å². The highest BCUT2D eigenvalue weighted by Crippen LogP contribution is 2.23. The summed E-state index contributed by atoms with van der Waals surface area (Å²) in [4.78, 5) is 11.1. The highest BCUT2D eigenvalue weighted by Gasteiger charge is 2.18. The molecule has 0 unspecified atom stereocenters. The first-order valence-corrected chi connectivity index (χ1v) is 5.06. The zero-order valence-corrected chi connectivity index (χ0v) is 9.82. The van der Waals surface area contributed by atoms with Crippen LogP contribution in [-0.4, -0.2) is 18.2 Å². The van der Waals surface area contributed by atoms with Crippen LogP contribution < -0.4 is 0 Å². The van der Waals surface area contributed by atoms with Crippen molar-refractivity contribution in [3.63, 3.8) is 0 Å². The lowest BCUT2D eigenvalue weighted by Crippen LogP contribution is -2.11. The third-order valence-corrected chi connectivity index (χ3v) is 2.44. The summed E-state index contributed by atoms with van der Waals surface area (Å²) >= 11 is 3.28. The molecule has 0 radical (unpaired) electrons. The predicted octanol–water partition coefficient (Wildman–Crippen LogP) is 2.21. The monoisotopic (exact) mass is 270 g/mol. The van der Waals surface area contributed by atoms with Crippen molar-refractivity contribution in [2.75, 3.05) is 7.11 Å². The number of ether oxygens (including phenoxy) is 1. The average Bonchev–Trinajstić information content (AvgIpc) is 2.26. The number of aliphatic hydroxyl groups excluding tert-OH is 1. The molecule has 0 amide bonds. The summed E-state index contributed by atoms with van der Waals surface area (Å²) in [6.07, 6.45) is -1.03. The molecule has 1 rings (SSSR count).